The fraction of sp³-hybridized carbons (Fsp3) is 0.667. The summed E-state index contributed by atoms with van der Waals surface area (Å²) in [7, 11) is -4.40. The predicted octanol–water partition coefficient (Wildman–Crippen LogP) is 3.34. The van der Waals surface area contributed by atoms with Crippen LogP contribution in [0.3, 0.4) is 0 Å². The van der Waals surface area contributed by atoms with Crippen LogP contribution in [0.15, 0.2) is 31.7 Å². The van der Waals surface area contributed by atoms with E-state index in [4.69, 9.17) is 0 Å². The first kappa shape index (κ1) is 35.3. The smallest absolute Gasteiger partial charge is 0.276 e. The zero-order valence-corrected chi connectivity index (χ0v) is 25.8. The normalized spacial score (nSPS) is 16.4. The molecule has 0 radical (unpaired) electrons. The Hall–Kier alpha value is -2.19. The largest absolute Gasteiger partial charge is 0.390 e. The molecule has 1 aliphatic rings. The first-order valence-electron chi connectivity index (χ1n) is 13.3. The minimum absolute atomic E-state index is 0.00453. The van der Waals surface area contributed by atoms with Crippen LogP contribution in [0.2, 0.25) is 0 Å². The number of carbonyl (C=O) groups is 1. The molecule has 2 aromatic rings. The highest BCUT2D eigenvalue weighted by molar-refractivity contribution is 8.00. The van der Waals surface area contributed by atoms with Crippen molar-refractivity contribution in [3.63, 3.8) is 0 Å². The number of aliphatic hydroxyl groups excluding tert-OH is 1. The van der Waals surface area contributed by atoms with Gasteiger partial charge in [-0.3, -0.25) is 4.79 Å². The quantitative estimate of drug-likeness (QED) is 0.0998. The third-order valence-corrected chi connectivity index (χ3v) is 10.3. The predicted molar refractivity (Wildman–Crippen MR) is 151 cm³/mol. The van der Waals surface area contributed by atoms with Gasteiger partial charge >= 0.3 is 0 Å². The van der Waals surface area contributed by atoms with E-state index in [1.807, 2.05) is 4.72 Å². The molecule has 1 fully saturated rings. The Morgan fingerprint density at radius 2 is 1.84 bits per heavy atom. The van der Waals surface area contributed by atoms with Gasteiger partial charge in [-0.15, -0.1) is 11.8 Å². The summed E-state index contributed by atoms with van der Waals surface area (Å²) in [5.74, 6) is -1.58. The van der Waals surface area contributed by atoms with Gasteiger partial charge in [0.1, 0.15) is 16.9 Å². The first-order chi connectivity index (χ1) is 20.2. The summed E-state index contributed by atoms with van der Waals surface area (Å²) in [4.78, 5) is 16.8. The van der Waals surface area contributed by atoms with Gasteiger partial charge < -0.3 is 20.8 Å². The number of anilines is 1. The minimum atomic E-state index is -4.40. The third-order valence-electron chi connectivity index (χ3n) is 6.24. The molecule has 1 saturated carbocycles. The third kappa shape index (κ3) is 11.0. The molecule has 0 unspecified atom stereocenters. The lowest BCUT2D eigenvalue weighted by molar-refractivity contribution is 0.0740. The molecule has 0 saturated heterocycles. The van der Waals surface area contributed by atoms with Crippen LogP contribution in [0.4, 0.5) is 23.4 Å². The van der Waals surface area contributed by atoms with E-state index in [1.165, 1.54) is 19.9 Å². The molecular formula is C24H34F4N6O6S3. The molecule has 2 heterocycles. The molecule has 1 aliphatic carbocycles. The number of amides is 1. The van der Waals surface area contributed by atoms with Gasteiger partial charge in [0.15, 0.2) is 5.03 Å². The lowest BCUT2D eigenvalue weighted by Gasteiger charge is -2.34. The molecule has 1 amide bonds. The van der Waals surface area contributed by atoms with E-state index in [0.717, 1.165) is 37.2 Å². The van der Waals surface area contributed by atoms with Gasteiger partial charge in [0.2, 0.25) is 22.1 Å². The summed E-state index contributed by atoms with van der Waals surface area (Å²) in [6.07, 6.45) is -2.09. The molecule has 5 N–H and O–H groups in total. The van der Waals surface area contributed by atoms with E-state index in [0.29, 0.717) is 24.6 Å². The van der Waals surface area contributed by atoms with Gasteiger partial charge in [-0.2, -0.15) is 0 Å². The maximum atomic E-state index is 13.1. The number of sulfonamides is 1. The SMILES string of the molecule is CC(C)(O)CSc1cc(N[C@@H](O)[C@@H](NC(=O)c2nonc2SCC(F)F)C2CCCCC2)ncc1S(=O)(=O)NCC(F)F. The maximum Gasteiger partial charge on any atom is 0.276 e. The highest BCUT2D eigenvalue weighted by atomic mass is 32.2. The van der Waals surface area contributed by atoms with Crippen molar-refractivity contribution in [3.05, 3.63) is 18.0 Å². The summed E-state index contributed by atoms with van der Waals surface area (Å²) in [5, 5.41) is 33.8. The fourth-order valence-electron chi connectivity index (χ4n) is 4.29. The number of halogens is 4. The molecule has 3 rings (SSSR count). The van der Waals surface area contributed by atoms with Crippen LogP contribution >= 0.6 is 23.5 Å². The number of pyridine rings is 1. The second-order valence-electron chi connectivity index (χ2n) is 10.5. The Labute approximate surface area is 254 Å². The average Bonchev–Trinajstić information content (AvgIpc) is 3.41. The zero-order chi connectivity index (χ0) is 31.8. The van der Waals surface area contributed by atoms with E-state index < -0.39 is 63.8 Å². The number of alkyl halides is 4. The van der Waals surface area contributed by atoms with Crippen LogP contribution < -0.4 is 15.4 Å². The van der Waals surface area contributed by atoms with Gasteiger partial charge in [-0.05, 0) is 49.0 Å². The van der Waals surface area contributed by atoms with Crippen LogP contribution in [0.1, 0.15) is 56.4 Å². The Balaban J connectivity index is 1.86. The molecule has 2 atom stereocenters. The molecule has 0 aromatic carbocycles. The summed E-state index contributed by atoms with van der Waals surface area (Å²) in [6.45, 7) is 1.90. The van der Waals surface area contributed by atoms with Crippen molar-refractivity contribution in [2.24, 2.45) is 5.92 Å². The summed E-state index contributed by atoms with van der Waals surface area (Å²) in [6, 6.07) is 0.375. The number of carbonyl (C=O) groups excluding carboxylic acids is 1. The molecule has 0 spiro atoms. The fourth-order valence-corrected chi connectivity index (χ4v) is 7.34. The van der Waals surface area contributed by atoms with Crippen LogP contribution in [0, 0.1) is 5.92 Å². The zero-order valence-electron chi connectivity index (χ0n) is 23.3. The van der Waals surface area contributed by atoms with Crippen molar-refractivity contribution in [2.75, 3.05) is 23.4 Å². The maximum absolute atomic E-state index is 13.1. The second kappa shape index (κ2) is 15.7. The number of aromatic nitrogens is 3. The van der Waals surface area contributed by atoms with Crippen molar-refractivity contribution < 1.29 is 45.6 Å². The molecule has 0 bridgehead atoms. The topological polar surface area (TPSA) is 180 Å². The molecule has 43 heavy (non-hydrogen) atoms. The van der Waals surface area contributed by atoms with Crippen molar-refractivity contribution >= 4 is 45.3 Å². The van der Waals surface area contributed by atoms with E-state index in [9.17, 15) is 41.0 Å². The van der Waals surface area contributed by atoms with Gasteiger partial charge in [0.25, 0.3) is 12.3 Å². The lowest BCUT2D eigenvalue weighted by Crippen LogP contribution is -2.52. The summed E-state index contributed by atoms with van der Waals surface area (Å²) < 4.78 is 82.7. The van der Waals surface area contributed by atoms with E-state index in [-0.39, 0.29) is 33.1 Å². The van der Waals surface area contributed by atoms with Crippen molar-refractivity contribution in [1.29, 1.82) is 0 Å². The summed E-state index contributed by atoms with van der Waals surface area (Å²) in [5.41, 5.74) is -1.52. The number of thioether (sulfide) groups is 2. The highest BCUT2D eigenvalue weighted by Crippen LogP contribution is 2.32. The number of aliphatic hydroxyl groups is 2. The minimum Gasteiger partial charge on any atom is -0.390 e. The van der Waals surface area contributed by atoms with E-state index in [2.05, 4.69) is 30.6 Å². The van der Waals surface area contributed by atoms with Crippen LogP contribution in [-0.4, -0.2) is 88.6 Å². The average molecular weight is 675 g/mol. The number of hydrogen-bond acceptors (Lipinski definition) is 12. The Morgan fingerprint density at radius 3 is 2.47 bits per heavy atom. The summed E-state index contributed by atoms with van der Waals surface area (Å²) >= 11 is 1.54. The highest BCUT2D eigenvalue weighted by Gasteiger charge is 2.34. The van der Waals surface area contributed by atoms with Gasteiger partial charge in [0.05, 0.1) is 30.1 Å². The lowest BCUT2D eigenvalue weighted by atomic mass is 9.83. The molecule has 2 aromatic heterocycles. The Morgan fingerprint density at radius 1 is 1.14 bits per heavy atom. The van der Waals surface area contributed by atoms with Gasteiger partial charge in [-0.25, -0.2) is 40.3 Å². The number of nitrogens with one attached hydrogen (secondary N) is 3. The molecule has 0 aliphatic heterocycles. The molecule has 12 nitrogen and oxygen atoms in total. The molecule has 242 valence electrons. The van der Waals surface area contributed by atoms with Crippen molar-refractivity contribution in [2.45, 2.75) is 91.5 Å². The standard InChI is InChI=1S/C24H34F4N6O6S3/c1-24(2,37)12-42-14-8-18(29-9-15(14)43(38,39)30-10-16(25)26)31-21(35)19(13-6-4-3-5-7-13)32-22(36)20-23(34-40-33-20)41-11-17(27)28/h8-9,13,16-17,19,21,30,35,37H,3-7,10-12H2,1-2H3,(H,29,31)(H,32,36)/t19-,21-/m0/s1. The van der Waals surface area contributed by atoms with E-state index >= 15 is 0 Å². The van der Waals surface area contributed by atoms with Crippen LogP contribution in [-0.2, 0) is 10.0 Å². The second-order valence-corrected chi connectivity index (χ2v) is 14.2. The van der Waals surface area contributed by atoms with Crippen molar-refractivity contribution in [1.82, 2.24) is 25.3 Å². The number of hydrogen-bond donors (Lipinski definition) is 5. The monoisotopic (exact) mass is 674 g/mol. The van der Waals surface area contributed by atoms with Gasteiger partial charge in [-0.1, -0.05) is 31.0 Å². The van der Waals surface area contributed by atoms with Crippen LogP contribution in [0.25, 0.3) is 0 Å². The molecule has 19 heteroatoms. The number of nitrogens with zero attached hydrogens (tertiary/aromatic N) is 3. The van der Waals surface area contributed by atoms with E-state index in [1.54, 1.807) is 0 Å². The first-order valence-corrected chi connectivity index (χ1v) is 16.7. The number of rotatable bonds is 16. The molecular weight excluding hydrogens is 640 g/mol. The Bertz CT molecular complexity index is 1310. The van der Waals surface area contributed by atoms with Gasteiger partial charge in [0, 0.05) is 10.6 Å². The van der Waals surface area contributed by atoms with Crippen molar-refractivity contribution in [3.8, 4) is 0 Å². The van der Waals surface area contributed by atoms with Crippen LogP contribution in [0.5, 0.6) is 0 Å². The Kier molecular flexibility index (Phi) is 12.9.